The highest BCUT2D eigenvalue weighted by molar-refractivity contribution is 6.14. The van der Waals surface area contributed by atoms with Crippen molar-refractivity contribution in [3.05, 3.63) is 85.1 Å². The van der Waals surface area contributed by atoms with Crippen LogP contribution in [0.4, 0.5) is 0 Å². The van der Waals surface area contributed by atoms with E-state index in [1.807, 2.05) is 59.0 Å². The molecule has 0 aliphatic heterocycles. The van der Waals surface area contributed by atoms with Crippen molar-refractivity contribution in [2.24, 2.45) is 0 Å². The maximum atomic E-state index is 6.12. The first-order valence-electron chi connectivity index (χ1n) is 7.56. The SMILES string of the molecule is [AlH][n]1ccc2cccc(-c3ccccc3Oc3ccccc3)c21. The average Bonchev–Trinajstić information content (AvgIpc) is 2.98. The molecule has 0 unspecified atom stereocenters. The first-order valence-corrected chi connectivity index (χ1v) is 8.19. The van der Waals surface area contributed by atoms with Crippen LogP contribution >= 0.6 is 0 Å². The van der Waals surface area contributed by atoms with E-state index >= 15 is 0 Å². The zero-order chi connectivity index (χ0) is 15.6. The first kappa shape index (κ1) is 14.1. The summed E-state index contributed by atoms with van der Waals surface area (Å²) in [5.74, 6) is 1.72. The van der Waals surface area contributed by atoms with E-state index in [4.69, 9.17) is 4.74 Å². The van der Waals surface area contributed by atoms with E-state index in [1.54, 1.807) is 0 Å². The Morgan fingerprint density at radius 3 is 2.30 bits per heavy atom. The highest BCUT2D eigenvalue weighted by Crippen LogP contribution is 2.37. The Balaban J connectivity index is 1.87. The van der Waals surface area contributed by atoms with Crippen LogP contribution in [-0.2, 0) is 0 Å². The van der Waals surface area contributed by atoms with E-state index in [9.17, 15) is 0 Å². The lowest BCUT2D eigenvalue weighted by Gasteiger charge is -2.13. The molecule has 4 rings (SSSR count). The van der Waals surface area contributed by atoms with Crippen LogP contribution in [0.25, 0.3) is 22.0 Å². The van der Waals surface area contributed by atoms with Crippen molar-refractivity contribution in [1.82, 2.24) is 3.55 Å². The van der Waals surface area contributed by atoms with Crippen molar-refractivity contribution in [1.29, 1.82) is 0 Å². The Labute approximate surface area is 143 Å². The Bertz CT molecular complexity index is 960. The van der Waals surface area contributed by atoms with Crippen LogP contribution < -0.4 is 4.74 Å². The molecule has 0 aliphatic rings. The summed E-state index contributed by atoms with van der Waals surface area (Å²) in [6.07, 6.45) is 2.10. The van der Waals surface area contributed by atoms with Crippen LogP contribution in [0.2, 0.25) is 0 Å². The molecule has 109 valence electrons. The number of rotatable bonds is 3. The van der Waals surface area contributed by atoms with Gasteiger partial charge in [-0.3, -0.25) is 0 Å². The van der Waals surface area contributed by atoms with Crippen LogP contribution in [-0.4, -0.2) is 20.1 Å². The van der Waals surface area contributed by atoms with E-state index in [-0.39, 0.29) is 0 Å². The van der Waals surface area contributed by atoms with Crippen molar-refractivity contribution in [3.63, 3.8) is 0 Å². The van der Waals surface area contributed by atoms with Gasteiger partial charge in [0.2, 0.25) is 0 Å². The average molecular weight is 312 g/mol. The van der Waals surface area contributed by atoms with Crippen LogP contribution in [0.15, 0.2) is 85.1 Å². The Morgan fingerprint density at radius 2 is 1.43 bits per heavy atom. The normalized spacial score (nSPS) is 10.8. The summed E-state index contributed by atoms with van der Waals surface area (Å²) >= 11 is 1.85. The van der Waals surface area contributed by atoms with Gasteiger partial charge in [-0.15, -0.1) is 0 Å². The third kappa shape index (κ3) is 2.66. The topological polar surface area (TPSA) is 14.2 Å². The second-order valence-corrected chi connectivity index (χ2v) is 6.12. The number of benzene rings is 3. The number of hydrogen-bond acceptors (Lipinski definition) is 1. The number of nitrogens with zero attached hydrogens (tertiary/aromatic N) is 1. The van der Waals surface area contributed by atoms with Crippen molar-refractivity contribution in [3.8, 4) is 22.6 Å². The molecule has 23 heavy (non-hydrogen) atoms. The molecule has 0 fully saturated rings. The number of fused-ring (bicyclic) bond motifs is 1. The van der Waals surface area contributed by atoms with Gasteiger partial charge in [0.1, 0.15) is 11.5 Å². The molecule has 2 nitrogen and oxygen atoms in total. The molecule has 3 heteroatoms. The molecule has 4 aromatic rings. The highest BCUT2D eigenvalue weighted by Gasteiger charge is 2.11. The summed E-state index contributed by atoms with van der Waals surface area (Å²) in [5, 5.41) is 1.24. The first-order chi connectivity index (χ1) is 11.3. The number of hydrogen-bond donors (Lipinski definition) is 0. The van der Waals surface area contributed by atoms with Gasteiger partial charge in [-0.2, -0.15) is 0 Å². The molecule has 0 atom stereocenters. The standard InChI is InChI=1S/C20H14NO.Al.H/c1-2-8-16(9-3-1)22-19-12-5-4-10-17(19)18-11-6-7-15-13-14-21-20(15)18;;/h1-14H;;/q-1;+1;. The summed E-state index contributed by atoms with van der Waals surface area (Å²) in [5.41, 5.74) is 3.53. The lowest BCUT2D eigenvalue weighted by molar-refractivity contribution is 0.484. The van der Waals surface area contributed by atoms with Crippen LogP contribution in [0, 0.1) is 0 Å². The Kier molecular flexibility index (Phi) is 3.67. The molecule has 1 aromatic heterocycles. The monoisotopic (exact) mass is 312 g/mol. The maximum Gasteiger partial charge on any atom is 0.348 e. The number of aromatic nitrogens is 1. The molecule has 3 aromatic carbocycles. The van der Waals surface area contributed by atoms with Gasteiger partial charge < -0.3 is 8.29 Å². The molecule has 0 saturated carbocycles. The molecule has 1 radical (unpaired) electrons. The predicted molar refractivity (Wildman–Crippen MR) is 96.4 cm³/mol. The molecular weight excluding hydrogens is 297 g/mol. The minimum absolute atomic E-state index is 0.848. The zero-order valence-electron chi connectivity index (χ0n) is 12.6. The van der Waals surface area contributed by atoms with E-state index in [0.29, 0.717) is 0 Å². The quantitative estimate of drug-likeness (QED) is 0.497. The molecule has 0 bridgehead atoms. The fraction of sp³-hybridized carbons (Fsp3) is 0. The summed E-state index contributed by atoms with van der Waals surface area (Å²) in [4.78, 5) is 0. The van der Waals surface area contributed by atoms with Gasteiger partial charge in [-0.1, -0.05) is 54.6 Å². The largest absolute Gasteiger partial charge is 0.457 e. The Hall–Kier alpha value is -2.47. The summed E-state index contributed by atoms with van der Waals surface area (Å²) in [7, 11) is 0. The minimum atomic E-state index is 0.848. The third-order valence-electron chi connectivity index (χ3n) is 3.94. The van der Waals surface area contributed by atoms with Gasteiger partial charge in [0, 0.05) is 16.6 Å². The van der Waals surface area contributed by atoms with E-state index in [1.165, 1.54) is 16.5 Å². The van der Waals surface area contributed by atoms with Gasteiger partial charge in [0.05, 0.1) is 0 Å². The molecular formula is C20H15AlNO. The molecule has 0 aliphatic carbocycles. The van der Waals surface area contributed by atoms with E-state index in [2.05, 4.69) is 46.1 Å². The van der Waals surface area contributed by atoms with Crippen LogP contribution in [0.3, 0.4) is 0 Å². The third-order valence-corrected chi connectivity index (χ3v) is 4.46. The van der Waals surface area contributed by atoms with Crippen LogP contribution in [0.5, 0.6) is 11.5 Å². The number of para-hydroxylation sites is 3. The summed E-state index contributed by atoms with van der Waals surface area (Å²) in [6, 6.07) is 26.6. The molecule has 1 heterocycles. The second-order valence-electron chi connectivity index (χ2n) is 5.44. The van der Waals surface area contributed by atoms with E-state index in [0.717, 1.165) is 17.1 Å². The fourth-order valence-electron chi connectivity index (χ4n) is 2.87. The lowest BCUT2D eigenvalue weighted by atomic mass is 10.0. The highest BCUT2D eigenvalue weighted by atomic mass is 27.1. The molecule has 0 saturated heterocycles. The van der Waals surface area contributed by atoms with Crippen molar-refractivity contribution in [2.75, 3.05) is 0 Å². The smallest absolute Gasteiger partial charge is 0.348 e. The van der Waals surface area contributed by atoms with Gasteiger partial charge in [0.15, 0.2) is 0 Å². The van der Waals surface area contributed by atoms with Crippen molar-refractivity contribution < 1.29 is 4.74 Å². The molecule has 0 N–H and O–H groups in total. The Morgan fingerprint density at radius 1 is 0.696 bits per heavy atom. The van der Waals surface area contributed by atoms with Gasteiger partial charge in [0.25, 0.3) is 0 Å². The van der Waals surface area contributed by atoms with Gasteiger partial charge >= 0.3 is 16.5 Å². The maximum absolute atomic E-state index is 6.12. The van der Waals surface area contributed by atoms with Crippen molar-refractivity contribution in [2.45, 2.75) is 0 Å². The van der Waals surface area contributed by atoms with Gasteiger partial charge in [-0.05, 0) is 35.8 Å². The zero-order valence-corrected chi connectivity index (χ0v) is 14.1. The number of ether oxygens (including phenoxy) is 1. The van der Waals surface area contributed by atoms with Crippen molar-refractivity contribution >= 4 is 27.4 Å². The lowest BCUT2D eigenvalue weighted by Crippen LogP contribution is -1.93. The van der Waals surface area contributed by atoms with Gasteiger partial charge in [-0.25, -0.2) is 0 Å². The minimum Gasteiger partial charge on any atom is -0.457 e. The fourth-order valence-corrected chi connectivity index (χ4v) is 3.33. The summed E-state index contributed by atoms with van der Waals surface area (Å²) in [6.45, 7) is 0. The van der Waals surface area contributed by atoms with Crippen LogP contribution in [0.1, 0.15) is 0 Å². The molecule has 0 spiro atoms. The predicted octanol–water partition coefficient (Wildman–Crippen LogP) is 4.76. The molecule has 0 amide bonds. The second kappa shape index (κ2) is 5.97. The summed E-state index contributed by atoms with van der Waals surface area (Å²) < 4.78 is 8.31. The van der Waals surface area contributed by atoms with E-state index < -0.39 is 0 Å².